The quantitative estimate of drug-likeness (QED) is 0.318. The molecule has 4 saturated carbocycles. The largest absolute Gasteiger partial charge is 0.368 e. The molecular formula is C39H62BN4O3. The van der Waals surface area contributed by atoms with Crippen molar-refractivity contribution in [3.8, 4) is 0 Å². The first-order valence-electron chi connectivity index (χ1n) is 20.0. The van der Waals surface area contributed by atoms with E-state index >= 15 is 0 Å². The molecule has 0 unspecified atom stereocenters. The zero-order valence-corrected chi connectivity index (χ0v) is 29.7. The lowest BCUT2D eigenvalue weighted by Gasteiger charge is -2.34. The summed E-state index contributed by atoms with van der Waals surface area (Å²) in [6, 6.07) is 0.148. The first kappa shape index (κ1) is 34.6. The third-order valence-corrected chi connectivity index (χ3v) is 12.6. The number of nitrogens with zero attached hydrogens (tertiary/aromatic N) is 3. The number of aromatic nitrogens is 3. The van der Waals surface area contributed by atoms with Crippen molar-refractivity contribution in [2.75, 3.05) is 5.32 Å². The summed E-state index contributed by atoms with van der Waals surface area (Å²) in [6.07, 6.45) is 29.1. The average Bonchev–Trinajstić information content (AvgIpc) is 3.02. The van der Waals surface area contributed by atoms with Gasteiger partial charge in [0.05, 0.1) is 5.52 Å². The molecule has 259 valence electrons. The number of nitrogens with one attached hydrogen (secondary N) is 1. The van der Waals surface area contributed by atoms with E-state index in [9.17, 15) is 14.4 Å². The van der Waals surface area contributed by atoms with Crippen LogP contribution < -0.4 is 22.1 Å². The molecule has 6 rings (SSSR count). The summed E-state index contributed by atoms with van der Waals surface area (Å²) in [6.45, 7) is 1.84. The summed E-state index contributed by atoms with van der Waals surface area (Å²) < 4.78 is 5.30. The fraction of sp³-hybridized carbons (Fsp3) is 0.821. The minimum absolute atomic E-state index is 0.00689. The van der Waals surface area contributed by atoms with E-state index in [0.29, 0.717) is 28.1 Å². The maximum atomic E-state index is 14.8. The number of aryl methyl sites for hydroxylation is 1. The highest BCUT2D eigenvalue weighted by Gasteiger charge is 2.32. The van der Waals surface area contributed by atoms with Crippen LogP contribution >= 0.6 is 0 Å². The highest BCUT2D eigenvalue weighted by Crippen LogP contribution is 2.40. The molecule has 47 heavy (non-hydrogen) atoms. The molecule has 2 aromatic rings. The Kier molecular flexibility index (Phi) is 12.1. The van der Waals surface area contributed by atoms with E-state index in [1.807, 2.05) is 18.5 Å². The molecule has 4 aliphatic rings. The van der Waals surface area contributed by atoms with Crippen molar-refractivity contribution < 1.29 is 0 Å². The van der Waals surface area contributed by atoms with Gasteiger partial charge in [-0.1, -0.05) is 134 Å². The van der Waals surface area contributed by atoms with Gasteiger partial charge in [-0.05, 0) is 45.4 Å². The highest BCUT2D eigenvalue weighted by atomic mass is 16.2. The smallest absolute Gasteiger partial charge is 0.332 e. The summed E-state index contributed by atoms with van der Waals surface area (Å²) in [5, 5.41) is 4.33. The van der Waals surface area contributed by atoms with Gasteiger partial charge in [-0.2, -0.15) is 0 Å². The van der Waals surface area contributed by atoms with Gasteiger partial charge in [0.25, 0.3) is 11.1 Å². The molecule has 4 aliphatic carbocycles. The molecule has 0 spiro atoms. The van der Waals surface area contributed by atoms with Crippen molar-refractivity contribution in [1.82, 2.24) is 13.7 Å². The SMILES string of the molecule is Cc1c(=O)n(C)c(NC2CCCCCCC2)c2c(=O)n(C3CCCCCCC3)c(=O)n(C3CCC([B]C4CCCCCCC4)CC3)c12. The Morgan fingerprint density at radius 3 is 1.60 bits per heavy atom. The normalized spacial score (nSPS) is 25.2. The second-order valence-electron chi connectivity index (χ2n) is 15.9. The molecule has 8 heteroatoms. The molecule has 0 atom stereocenters. The van der Waals surface area contributed by atoms with E-state index in [2.05, 4.69) is 12.6 Å². The van der Waals surface area contributed by atoms with Crippen LogP contribution in [0.5, 0.6) is 0 Å². The number of rotatable bonds is 6. The van der Waals surface area contributed by atoms with Crippen LogP contribution in [0, 0.1) is 6.92 Å². The minimum Gasteiger partial charge on any atom is -0.368 e. The van der Waals surface area contributed by atoms with E-state index in [-0.39, 0.29) is 34.9 Å². The molecule has 4 fully saturated rings. The third-order valence-electron chi connectivity index (χ3n) is 12.6. The van der Waals surface area contributed by atoms with E-state index in [1.165, 1.54) is 70.6 Å². The molecule has 0 amide bonds. The van der Waals surface area contributed by atoms with E-state index < -0.39 is 0 Å². The van der Waals surface area contributed by atoms with E-state index in [1.54, 1.807) is 9.13 Å². The Bertz CT molecular complexity index is 1490. The molecule has 0 aromatic carbocycles. The monoisotopic (exact) mass is 645 g/mol. The molecule has 1 N–H and O–H groups in total. The van der Waals surface area contributed by atoms with Gasteiger partial charge in [0, 0.05) is 30.7 Å². The van der Waals surface area contributed by atoms with Gasteiger partial charge in [0.2, 0.25) is 0 Å². The first-order valence-corrected chi connectivity index (χ1v) is 20.0. The standard InChI is InChI=1S/C39H62BN4O3/c1-28-35-34(36(42(2)37(28)45)41-31-20-14-8-4-9-15-21-31)38(46)44(32-22-16-10-5-11-17-23-32)39(47)43(35)33-26-24-30(25-27-33)40-29-18-12-6-3-7-13-19-29/h29-33,41H,3-27H2,1-2H3. The van der Waals surface area contributed by atoms with E-state index in [0.717, 1.165) is 95.7 Å². The average molecular weight is 646 g/mol. The van der Waals surface area contributed by atoms with Gasteiger partial charge >= 0.3 is 5.69 Å². The van der Waals surface area contributed by atoms with Gasteiger partial charge < -0.3 is 5.32 Å². The fourth-order valence-corrected chi connectivity index (χ4v) is 9.78. The van der Waals surface area contributed by atoms with Crippen molar-refractivity contribution in [3.63, 3.8) is 0 Å². The van der Waals surface area contributed by atoms with Crippen LogP contribution in [0.4, 0.5) is 5.82 Å². The van der Waals surface area contributed by atoms with Crippen molar-refractivity contribution in [2.24, 2.45) is 7.05 Å². The van der Waals surface area contributed by atoms with E-state index in [4.69, 9.17) is 0 Å². The van der Waals surface area contributed by atoms with Gasteiger partial charge in [-0.3, -0.25) is 23.3 Å². The summed E-state index contributed by atoms with van der Waals surface area (Å²) in [4.78, 5) is 43.5. The number of hydrogen-bond donors (Lipinski definition) is 1. The third kappa shape index (κ3) is 7.98. The number of hydrogen-bond acceptors (Lipinski definition) is 4. The van der Waals surface area contributed by atoms with Crippen LogP contribution in [0.25, 0.3) is 10.9 Å². The number of pyridine rings is 1. The van der Waals surface area contributed by atoms with Crippen LogP contribution in [-0.4, -0.2) is 27.0 Å². The molecule has 0 aliphatic heterocycles. The molecule has 0 bridgehead atoms. The van der Waals surface area contributed by atoms with Gasteiger partial charge in [0.15, 0.2) is 0 Å². The summed E-state index contributed by atoms with van der Waals surface area (Å²) in [5.41, 5.74) is 0.672. The minimum atomic E-state index is -0.190. The van der Waals surface area contributed by atoms with Crippen LogP contribution in [-0.2, 0) is 7.05 Å². The van der Waals surface area contributed by atoms with Crippen LogP contribution in [0.15, 0.2) is 14.4 Å². The summed E-state index contributed by atoms with van der Waals surface area (Å²) in [7, 11) is 4.49. The second kappa shape index (κ2) is 16.4. The zero-order valence-electron chi connectivity index (χ0n) is 29.7. The lowest BCUT2D eigenvalue weighted by atomic mass is 9.49. The Morgan fingerprint density at radius 1 is 0.553 bits per heavy atom. The lowest BCUT2D eigenvalue weighted by Crippen LogP contribution is -2.46. The zero-order chi connectivity index (χ0) is 32.8. The van der Waals surface area contributed by atoms with Gasteiger partial charge in [-0.25, -0.2) is 4.79 Å². The number of anilines is 1. The van der Waals surface area contributed by atoms with Gasteiger partial charge in [0.1, 0.15) is 18.5 Å². The van der Waals surface area contributed by atoms with Crippen LogP contribution in [0.2, 0.25) is 11.6 Å². The van der Waals surface area contributed by atoms with Crippen molar-refractivity contribution in [1.29, 1.82) is 0 Å². The Morgan fingerprint density at radius 2 is 1.02 bits per heavy atom. The number of fused-ring (bicyclic) bond motifs is 1. The van der Waals surface area contributed by atoms with Crippen LogP contribution in [0.3, 0.4) is 0 Å². The Labute approximate surface area is 283 Å². The highest BCUT2D eigenvalue weighted by molar-refractivity contribution is 6.39. The molecule has 1 radical (unpaired) electrons. The Balaban J connectivity index is 1.41. The van der Waals surface area contributed by atoms with Crippen molar-refractivity contribution in [2.45, 2.75) is 197 Å². The van der Waals surface area contributed by atoms with Crippen molar-refractivity contribution >= 4 is 24.0 Å². The molecule has 7 nitrogen and oxygen atoms in total. The fourth-order valence-electron chi connectivity index (χ4n) is 9.78. The molecule has 2 heterocycles. The maximum Gasteiger partial charge on any atom is 0.332 e. The molecular weight excluding hydrogens is 583 g/mol. The predicted molar refractivity (Wildman–Crippen MR) is 197 cm³/mol. The molecule has 0 saturated heterocycles. The lowest BCUT2D eigenvalue weighted by molar-refractivity contribution is 0.314. The predicted octanol–water partition coefficient (Wildman–Crippen LogP) is 9.12. The second-order valence-corrected chi connectivity index (χ2v) is 15.9. The van der Waals surface area contributed by atoms with Crippen molar-refractivity contribution in [3.05, 3.63) is 36.8 Å². The topological polar surface area (TPSA) is 78.0 Å². The summed E-state index contributed by atoms with van der Waals surface area (Å²) in [5.74, 6) is 1.96. The maximum absolute atomic E-state index is 14.8. The Hall–Kier alpha value is -2.25. The van der Waals surface area contributed by atoms with Crippen LogP contribution in [0.1, 0.15) is 178 Å². The molecule has 2 aromatic heterocycles. The van der Waals surface area contributed by atoms with Gasteiger partial charge in [-0.15, -0.1) is 0 Å². The first-order chi connectivity index (χ1) is 22.9. The summed E-state index contributed by atoms with van der Waals surface area (Å²) >= 11 is 0.